The minimum Gasteiger partial charge on any atom is -0.366 e. The minimum atomic E-state index is -3.43. The normalized spacial score (nSPS) is 17.8. The summed E-state index contributed by atoms with van der Waals surface area (Å²) in [5.41, 5.74) is 1.17. The van der Waals surface area contributed by atoms with E-state index in [1.54, 1.807) is 54.6 Å². The van der Waals surface area contributed by atoms with Gasteiger partial charge in [-0.3, -0.25) is 4.79 Å². The summed E-state index contributed by atoms with van der Waals surface area (Å²) in [5.74, 6) is -0.363. The van der Waals surface area contributed by atoms with Crippen LogP contribution in [0.25, 0.3) is 0 Å². The van der Waals surface area contributed by atoms with Gasteiger partial charge in [-0.1, -0.05) is 30.3 Å². The first kappa shape index (κ1) is 17.6. The van der Waals surface area contributed by atoms with Crippen molar-refractivity contribution in [2.24, 2.45) is 0 Å². The van der Waals surface area contributed by atoms with E-state index in [1.807, 2.05) is 0 Å². The molecule has 0 spiro atoms. The summed E-state index contributed by atoms with van der Waals surface area (Å²) >= 11 is 0. The first-order chi connectivity index (χ1) is 12.0. The number of carbonyl (C=O) groups is 1. The molecule has 0 aromatic heterocycles. The van der Waals surface area contributed by atoms with E-state index in [9.17, 15) is 13.2 Å². The topological polar surface area (TPSA) is 84.5 Å². The Labute approximate surface area is 147 Å². The van der Waals surface area contributed by atoms with E-state index in [4.69, 9.17) is 4.74 Å². The first-order valence-corrected chi connectivity index (χ1v) is 9.70. The van der Waals surface area contributed by atoms with Gasteiger partial charge in [0.2, 0.25) is 0 Å². The molecule has 1 saturated heterocycles. The molecule has 7 heteroatoms. The number of anilines is 1. The van der Waals surface area contributed by atoms with Crippen LogP contribution < -0.4 is 10.6 Å². The molecule has 0 radical (unpaired) electrons. The van der Waals surface area contributed by atoms with E-state index in [0.717, 1.165) is 6.54 Å². The van der Waals surface area contributed by atoms with Gasteiger partial charge in [0.15, 0.2) is 9.84 Å². The quantitative estimate of drug-likeness (QED) is 0.846. The van der Waals surface area contributed by atoms with Crippen LogP contribution in [0, 0.1) is 0 Å². The highest BCUT2D eigenvalue weighted by molar-refractivity contribution is 7.90. The number of ether oxygens (including phenoxy) is 1. The molecule has 1 aliphatic heterocycles. The van der Waals surface area contributed by atoms with Gasteiger partial charge in [0, 0.05) is 18.8 Å². The van der Waals surface area contributed by atoms with Gasteiger partial charge < -0.3 is 15.4 Å². The number of nitrogens with one attached hydrogen (secondary N) is 2. The Morgan fingerprint density at radius 1 is 1.16 bits per heavy atom. The van der Waals surface area contributed by atoms with E-state index < -0.39 is 15.9 Å². The van der Waals surface area contributed by atoms with Crippen LogP contribution in [0.5, 0.6) is 0 Å². The van der Waals surface area contributed by atoms with Crippen LogP contribution in [0.4, 0.5) is 5.69 Å². The van der Waals surface area contributed by atoms with Gasteiger partial charge in [-0.25, -0.2) is 8.42 Å². The largest absolute Gasteiger partial charge is 0.366 e. The molecule has 1 atom stereocenters. The Morgan fingerprint density at radius 2 is 1.96 bits per heavy atom. The Bertz CT molecular complexity index is 831. The number of sulfone groups is 1. The zero-order valence-corrected chi connectivity index (χ0v) is 14.5. The number of amides is 1. The fraction of sp³-hybridized carbons (Fsp3) is 0.278. The maximum atomic E-state index is 12.5. The molecule has 1 amide bonds. The van der Waals surface area contributed by atoms with Gasteiger partial charge in [0.25, 0.3) is 5.91 Å². The summed E-state index contributed by atoms with van der Waals surface area (Å²) in [5, 5.41) is 5.88. The maximum Gasteiger partial charge on any atom is 0.254 e. The van der Waals surface area contributed by atoms with E-state index in [-0.39, 0.29) is 16.6 Å². The molecule has 0 aliphatic carbocycles. The van der Waals surface area contributed by atoms with Crippen LogP contribution in [0.2, 0.25) is 0 Å². The van der Waals surface area contributed by atoms with Crippen molar-refractivity contribution in [2.45, 2.75) is 16.8 Å². The lowest BCUT2D eigenvalue weighted by Gasteiger charge is -2.22. The third kappa shape index (κ3) is 4.66. The van der Waals surface area contributed by atoms with Crippen molar-refractivity contribution < 1.29 is 17.9 Å². The van der Waals surface area contributed by atoms with Crippen molar-refractivity contribution in [3.05, 3.63) is 60.2 Å². The van der Waals surface area contributed by atoms with Gasteiger partial charge in [-0.2, -0.15) is 0 Å². The molecule has 2 N–H and O–H groups in total. The molecule has 132 valence electrons. The highest BCUT2D eigenvalue weighted by atomic mass is 32.2. The molecular weight excluding hydrogens is 340 g/mol. The highest BCUT2D eigenvalue weighted by Crippen LogP contribution is 2.19. The highest BCUT2D eigenvalue weighted by Gasteiger charge is 2.22. The summed E-state index contributed by atoms with van der Waals surface area (Å²) in [6.07, 6.45) is -0.537. The Hall–Kier alpha value is -2.22. The summed E-state index contributed by atoms with van der Waals surface area (Å²) in [7, 11) is -3.43. The molecule has 1 unspecified atom stereocenters. The van der Waals surface area contributed by atoms with Crippen LogP contribution in [-0.4, -0.2) is 40.1 Å². The zero-order valence-electron chi connectivity index (χ0n) is 13.6. The van der Waals surface area contributed by atoms with Crippen molar-refractivity contribution in [2.75, 3.05) is 25.0 Å². The second-order valence-corrected chi connectivity index (χ2v) is 7.81. The van der Waals surface area contributed by atoms with Crippen LogP contribution in [0.3, 0.4) is 0 Å². The Morgan fingerprint density at radius 3 is 2.68 bits per heavy atom. The Balaban J connectivity index is 1.70. The van der Waals surface area contributed by atoms with Crippen molar-refractivity contribution in [3.8, 4) is 0 Å². The smallest absolute Gasteiger partial charge is 0.254 e. The molecule has 1 aliphatic rings. The predicted molar refractivity (Wildman–Crippen MR) is 95.0 cm³/mol. The summed E-state index contributed by atoms with van der Waals surface area (Å²) < 4.78 is 30.3. The van der Waals surface area contributed by atoms with E-state index in [1.165, 1.54) is 0 Å². The fourth-order valence-electron chi connectivity index (χ4n) is 2.63. The lowest BCUT2D eigenvalue weighted by molar-refractivity contribution is -0.128. The zero-order chi connectivity index (χ0) is 17.7. The summed E-state index contributed by atoms with van der Waals surface area (Å²) in [6, 6.07) is 15.2. The molecule has 6 nitrogen and oxygen atoms in total. The van der Waals surface area contributed by atoms with Crippen molar-refractivity contribution in [1.82, 2.24) is 5.32 Å². The van der Waals surface area contributed by atoms with E-state index in [0.29, 0.717) is 24.4 Å². The number of benzene rings is 2. The van der Waals surface area contributed by atoms with Gasteiger partial charge in [-0.05, 0) is 29.8 Å². The van der Waals surface area contributed by atoms with Crippen LogP contribution >= 0.6 is 0 Å². The van der Waals surface area contributed by atoms with Crippen LogP contribution in [-0.2, 0) is 25.1 Å². The lowest BCUT2D eigenvalue weighted by Crippen LogP contribution is -2.45. The van der Waals surface area contributed by atoms with Crippen LogP contribution in [0.15, 0.2) is 59.5 Å². The molecular formula is C18H20N2O4S. The Kier molecular flexibility index (Phi) is 5.47. The van der Waals surface area contributed by atoms with Crippen LogP contribution in [0.1, 0.15) is 5.56 Å². The second-order valence-electron chi connectivity index (χ2n) is 5.83. The van der Waals surface area contributed by atoms with Gasteiger partial charge >= 0.3 is 0 Å². The molecule has 0 saturated carbocycles. The van der Waals surface area contributed by atoms with Crippen molar-refractivity contribution >= 4 is 21.4 Å². The number of hydrogen-bond acceptors (Lipinski definition) is 5. The summed E-state index contributed by atoms with van der Waals surface area (Å²) in [4.78, 5) is 12.5. The molecule has 3 rings (SSSR count). The molecule has 2 aromatic carbocycles. The van der Waals surface area contributed by atoms with E-state index >= 15 is 0 Å². The third-order valence-corrected chi connectivity index (χ3v) is 5.58. The average Bonchev–Trinajstić information content (AvgIpc) is 2.63. The summed E-state index contributed by atoms with van der Waals surface area (Å²) in [6.45, 7) is 1.69. The fourth-order valence-corrected chi connectivity index (χ4v) is 3.98. The molecule has 25 heavy (non-hydrogen) atoms. The first-order valence-electron chi connectivity index (χ1n) is 8.04. The number of rotatable bonds is 5. The minimum absolute atomic E-state index is 0.123. The molecule has 1 heterocycles. The number of hydrogen-bond donors (Lipinski definition) is 2. The monoisotopic (exact) mass is 360 g/mol. The maximum absolute atomic E-state index is 12.5. The standard InChI is InChI=1S/C18H20N2O4S/c21-18(17-12-19-9-10-24-17)20-15-6-4-5-14(11-15)13-25(22,23)16-7-2-1-3-8-16/h1-8,11,17,19H,9-10,12-13H2,(H,20,21). The second kappa shape index (κ2) is 7.77. The lowest BCUT2D eigenvalue weighted by atomic mass is 10.2. The third-order valence-electron chi connectivity index (χ3n) is 3.87. The molecule has 1 fully saturated rings. The van der Waals surface area contributed by atoms with Crippen molar-refractivity contribution in [3.63, 3.8) is 0 Å². The average molecular weight is 360 g/mol. The van der Waals surface area contributed by atoms with Gasteiger partial charge in [0.1, 0.15) is 6.10 Å². The SMILES string of the molecule is O=C(Nc1cccc(CS(=O)(=O)c2ccccc2)c1)C1CNCCO1. The van der Waals surface area contributed by atoms with Crippen molar-refractivity contribution in [1.29, 1.82) is 0 Å². The van der Waals surface area contributed by atoms with Gasteiger partial charge in [0.05, 0.1) is 17.3 Å². The predicted octanol–water partition coefficient (Wildman–Crippen LogP) is 1.59. The van der Waals surface area contributed by atoms with Gasteiger partial charge in [-0.15, -0.1) is 0 Å². The molecule has 0 bridgehead atoms. The van der Waals surface area contributed by atoms with E-state index in [2.05, 4.69) is 10.6 Å². The number of morpholine rings is 1. The number of carbonyl (C=O) groups excluding carboxylic acids is 1. The molecule has 2 aromatic rings.